The van der Waals surface area contributed by atoms with Crippen molar-refractivity contribution in [1.82, 2.24) is 4.98 Å². The number of nitrogens with two attached hydrogens (primary N) is 1. The standard InChI is InChI=1S/C14H24N2O3S/c1-9-8-16-11(10(2)13(9)19-5)7-12(15)14(3,4)20(6,17)18/h8,12H,7,15H2,1-6H3. The van der Waals surface area contributed by atoms with Crippen molar-refractivity contribution in [2.45, 2.75) is 44.9 Å². The maximum absolute atomic E-state index is 11.8. The second-order valence-corrected chi connectivity index (χ2v) is 8.33. The minimum absolute atomic E-state index is 0.391. The summed E-state index contributed by atoms with van der Waals surface area (Å²) >= 11 is 0. The Bertz CT molecular complexity index is 595. The molecule has 0 aliphatic carbocycles. The first kappa shape index (κ1) is 16.9. The van der Waals surface area contributed by atoms with Crippen LogP contribution in [0.5, 0.6) is 5.75 Å². The predicted molar refractivity (Wildman–Crippen MR) is 80.9 cm³/mol. The Hall–Kier alpha value is -1.14. The number of methoxy groups -OCH3 is 1. The largest absolute Gasteiger partial charge is 0.496 e. The number of hydrogen-bond acceptors (Lipinski definition) is 5. The Labute approximate surface area is 121 Å². The van der Waals surface area contributed by atoms with Gasteiger partial charge in [0.25, 0.3) is 0 Å². The molecule has 0 aliphatic rings. The zero-order chi connectivity index (χ0) is 15.7. The van der Waals surface area contributed by atoms with Gasteiger partial charge in [-0.1, -0.05) is 0 Å². The van der Waals surface area contributed by atoms with Crippen molar-refractivity contribution in [1.29, 1.82) is 0 Å². The molecule has 1 heterocycles. The molecular weight excluding hydrogens is 276 g/mol. The lowest BCUT2D eigenvalue weighted by molar-refractivity contribution is 0.405. The molecule has 5 nitrogen and oxygen atoms in total. The first-order chi connectivity index (χ1) is 9.02. The number of aryl methyl sites for hydroxylation is 1. The Kier molecular flexibility index (Phi) is 4.82. The Balaban J connectivity index is 3.12. The van der Waals surface area contributed by atoms with Gasteiger partial charge in [-0.05, 0) is 27.7 Å². The van der Waals surface area contributed by atoms with Gasteiger partial charge < -0.3 is 10.5 Å². The summed E-state index contributed by atoms with van der Waals surface area (Å²) in [5.41, 5.74) is 8.74. The van der Waals surface area contributed by atoms with E-state index in [0.717, 1.165) is 22.6 Å². The number of sulfone groups is 1. The second-order valence-electron chi connectivity index (χ2n) is 5.73. The summed E-state index contributed by atoms with van der Waals surface area (Å²) in [6, 6.07) is -0.531. The third-order valence-corrected chi connectivity index (χ3v) is 6.23. The average Bonchev–Trinajstić information content (AvgIpc) is 2.31. The summed E-state index contributed by atoms with van der Waals surface area (Å²) in [5, 5.41) is 0. The van der Waals surface area contributed by atoms with Gasteiger partial charge in [0.15, 0.2) is 9.84 Å². The molecule has 20 heavy (non-hydrogen) atoms. The van der Waals surface area contributed by atoms with Crippen molar-refractivity contribution in [3.05, 3.63) is 23.0 Å². The smallest absolute Gasteiger partial charge is 0.154 e. The van der Waals surface area contributed by atoms with Crippen molar-refractivity contribution in [2.75, 3.05) is 13.4 Å². The minimum Gasteiger partial charge on any atom is -0.496 e. The zero-order valence-corrected chi connectivity index (χ0v) is 13.8. The zero-order valence-electron chi connectivity index (χ0n) is 13.0. The molecular formula is C14H24N2O3S. The van der Waals surface area contributed by atoms with E-state index >= 15 is 0 Å². The predicted octanol–water partition coefficient (Wildman–Crippen LogP) is 1.40. The van der Waals surface area contributed by atoms with Crippen LogP contribution in [-0.4, -0.2) is 37.6 Å². The van der Waals surface area contributed by atoms with Gasteiger partial charge >= 0.3 is 0 Å². The highest BCUT2D eigenvalue weighted by Gasteiger charge is 2.37. The molecule has 0 radical (unpaired) electrons. The van der Waals surface area contributed by atoms with Crippen molar-refractivity contribution >= 4 is 9.84 Å². The summed E-state index contributed by atoms with van der Waals surface area (Å²) in [5.74, 6) is 0.777. The van der Waals surface area contributed by atoms with Gasteiger partial charge in [-0.2, -0.15) is 0 Å². The van der Waals surface area contributed by atoms with E-state index in [1.54, 1.807) is 27.2 Å². The van der Waals surface area contributed by atoms with Crippen LogP contribution in [0.4, 0.5) is 0 Å². The quantitative estimate of drug-likeness (QED) is 0.889. The van der Waals surface area contributed by atoms with E-state index in [2.05, 4.69) is 4.98 Å². The van der Waals surface area contributed by atoms with E-state index in [1.165, 1.54) is 6.26 Å². The number of hydrogen-bond donors (Lipinski definition) is 1. The molecule has 0 bridgehead atoms. The number of aromatic nitrogens is 1. The molecule has 1 atom stereocenters. The fraction of sp³-hybridized carbons (Fsp3) is 0.643. The van der Waals surface area contributed by atoms with Crippen LogP contribution in [0.3, 0.4) is 0 Å². The van der Waals surface area contributed by atoms with Crippen LogP contribution in [0.15, 0.2) is 6.20 Å². The van der Waals surface area contributed by atoms with E-state index in [9.17, 15) is 8.42 Å². The van der Waals surface area contributed by atoms with Gasteiger partial charge in [0.2, 0.25) is 0 Å². The maximum atomic E-state index is 11.8. The molecule has 0 fully saturated rings. The van der Waals surface area contributed by atoms with Crippen LogP contribution in [0.2, 0.25) is 0 Å². The number of rotatable bonds is 5. The highest BCUT2D eigenvalue weighted by Crippen LogP contribution is 2.27. The third-order valence-electron chi connectivity index (χ3n) is 4.01. The highest BCUT2D eigenvalue weighted by atomic mass is 32.2. The Morgan fingerprint density at radius 3 is 2.40 bits per heavy atom. The van der Waals surface area contributed by atoms with Crippen molar-refractivity contribution in [3.8, 4) is 5.75 Å². The number of pyridine rings is 1. The van der Waals surface area contributed by atoms with E-state index in [4.69, 9.17) is 10.5 Å². The average molecular weight is 300 g/mol. The first-order valence-corrected chi connectivity index (χ1v) is 8.35. The van der Waals surface area contributed by atoms with Crippen molar-refractivity contribution in [2.24, 2.45) is 5.73 Å². The molecule has 6 heteroatoms. The Morgan fingerprint density at radius 1 is 1.40 bits per heavy atom. The third kappa shape index (κ3) is 3.12. The van der Waals surface area contributed by atoms with Gasteiger partial charge in [0.1, 0.15) is 5.75 Å². The molecule has 0 aliphatic heterocycles. The maximum Gasteiger partial charge on any atom is 0.154 e. The van der Waals surface area contributed by atoms with Crippen molar-refractivity contribution < 1.29 is 13.2 Å². The lowest BCUT2D eigenvalue weighted by Gasteiger charge is -2.30. The van der Waals surface area contributed by atoms with Crippen LogP contribution in [-0.2, 0) is 16.3 Å². The summed E-state index contributed by atoms with van der Waals surface area (Å²) in [6.45, 7) is 7.12. The number of ether oxygens (including phenoxy) is 1. The molecule has 1 unspecified atom stereocenters. The van der Waals surface area contributed by atoms with Gasteiger partial charge in [-0.3, -0.25) is 4.98 Å². The van der Waals surface area contributed by atoms with Crippen LogP contribution in [0.25, 0.3) is 0 Å². The van der Waals surface area contributed by atoms with E-state index in [-0.39, 0.29) is 0 Å². The molecule has 0 saturated heterocycles. The molecule has 0 spiro atoms. The molecule has 1 rings (SSSR count). The summed E-state index contributed by atoms with van der Waals surface area (Å²) < 4.78 is 28.0. The van der Waals surface area contributed by atoms with Gasteiger partial charge in [-0.15, -0.1) is 0 Å². The minimum atomic E-state index is -3.24. The van der Waals surface area contributed by atoms with Crippen molar-refractivity contribution in [3.63, 3.8) is 0 Å². The first-order valence-electron chi connectivity index (χ1n) is 6.46. The molecule has 0 aromatic carbocycles. The van der Waals surface area contributed by atoms with Crippen LogP contribution < -0.4 is 10.5 Å². The second kappa shape index (κ2) is 5.69. The Morgan fingerprint density at radius 2 is 1.95 bits per heavy atom. The van der Waals surface area contributed by atoms with Crippen LogP contribution >= 0.6 is 0 Å². The molecule has 1 aromatic heterocycles. The molecule has 1 aromatic rings. The molecule has 114 valence electrons. The highest BCUT2D eigenvalue weighted by molar-refractivity contribution is 7.92. The monoisotopic (exact) mass is 300 g/mol. The van der Waals surface area contributed by atoms with Gasteiger partial charge in [-0.25, -0.2) is 8.42 Å². The fourth-order valence-corrected chi connectivity index (χ4v) is 2.64. The van der Waals surface area contributed by atoms with Crippen LogP contribution in [0, 0.1) is 13.8 Å². The summed E-state index contributed by atoms with van der Waals surface area (Å²) in [6.07, 6.45) is 3.33. The van der Waals surface area contributed by atoms with Gasteiger partial charge in [0.05, 0.1) is 11.9 Å². The molecule has 0 saturated carbocycles. The SMILES string of the molecule is COc1c(C)cnc(CC(N)C(C)(C)S(C)(=O)=O)c1C. The van der Waals surface area contributed by atoms with Crippen LogP contribution in [0.1, 0.15) is 30.7 Å². The fourth-order valence-electron chi connectivity index (χ4n) is 2.01. The summed E-state index contributed by atoms with van der Waals surface area (Å²) in [4.78, 5) is 4.37. The lowest BCUT2D eigenvalue weighted by atomic mass is 9.96. The van der Waals surface area contributed by atoms with E-state index in [1.807, 2.05) is 13.8 Å². The van der Waals surface area contributed by atoms with Gasteiger partial charge in [0, 0.05) is 41.7 Å². The van der Waals surface area contributed by atoms with E-state index < -0.39 is 20.6 Å². The normalized spacial score (nSPS) is 14.2. The lowest BCUT2D eigenvalue weighted by Crippen LogP contribution is -2.50. The number of nitrogens with zero attached hydrogens (tertiary/aromatic N) is 1. The molecule has 0 amide bonds. The van der Waals surface area contributed by atoms with E-state index in [0.29, 0.717) is 6.42 Å². The molecule has 2 N–H and O–H groups in total. The topological polar surface area (TPSA) is 82.3 Å². The summed E-state index contributed by atoms with van der Waals surface area (Å²) in [7, 11) is -1.63.